The summed E-state index contributed by atoms with van der Waals surface area (Å²) in [5, 5.41) is 0. The highest BCUT2D eigenvalue weighted by molar-refractivity contribution is 5.74. The van der Waals surface area contributed by atoms with Gasteiger partial charge in [0.25, 0.3) is 0 Å². The highest BCUT2D eigenvalue weighted by Crippen LogP contribution is 2.24. The van der Waals surface area contributed by atoms with Crippen molar-refractivity contribution in [3.63, 3.8) is 0 Å². The van der Waals surface area contributed by atoms with E-state index in [0.29, 0.717) is 10.9 Å². The second kappa shape index (κ2) is 16.4. The molecule has 0 saturated carbocycles. The molecule has 2 atom stereocenters. The molecule has 200 valence electrons. The molecule has 2 unspecified atom stereocenters. The molecule has 0 N–H and O–H groups in total. The number of benzene rings is 2. The van der Waals surface area contributed by atoms with Crippen molar-refractivity contribution in [3.8, 4) is 5.75 Å². The minimum atomic E-state index is -0.568. The number of hydrogen-bond donors (Lipinski definition) is 0. The van der Waals surface area contributed by atoms with Gasteiger partial charge in [-0.1, -0.05) is 107 Å². The van der Waals surface area contributed by atoms with Gasteiger partial charge in [-0.25, -0.2) is 4.79 Å². The Hall–Kier alpha value is -2.33. The minimum Gasteiger partial charge on any atom is -0.454 e. The molecule has 0 aliphatic heterocycles. The summed E-state index contributed by atoms with van der Waals surface area (Å²) in [4.78, 5) is 13.2. The molecule has 0 radical (unpaired) electrons. The molecule has 0 aliphatic carbocycles. The molecule has 0 aromatic heterocycles. The first-order valence-electron chi connectivity index (χ1n) is 14.2. The fraction of sp³-hybridized carbons (Fsp3) is 0.594. The van der Waals surface area contributed by atoms with Crippen LogP contribution in [0.4, 0.5) is 0 Å². The van der Waals surface area contributed by atoms with Crippen molar-refractivity contribution < 1.29 is 18.8 Å². The number of likely N-dealkylation sites (N-methyl/N-ethyl adjacent to an activating group) is 1. The summed E-state index contributed by atoms with van der Waals surface area (Å²) in [6.45, 7) is 7.07. The van der Waals surface area contributed by atoms with Gasteiger partial charge in [0.05, 0.1) is 14.1 Å². The lowest BCUT2D eigenvalue weighted by molar-refractivity contribution is -0.917. The summed E-state index contributed by atoms with van der Waals surface area (Å²) in [5.74, 6) is 0.632. The Kier molecular flexibility index (Phi) is 13.6. The molecule has 4 nitrogen and oxygen atoms in total. The van der Waals surface area contributed by atoms with Gasteiger partial charge in [0.2, 0.25) is 6.29 Å². The second-order valence-corrected chi connectivity index (χ2v) is 10.7. The molecular weight excluding hydrogens is 446 g/mol. The molecule has 2 aromatic rings. The van der Waals surface area contributed by atoms with Crippen molar-refractivity contribution in [2.75, 3.05) is 14.1 Å². The number of hydrogen-bond acceptors (Lipinski definition) is 3. The van der Waals surface area contributed by atoms with Crippen molar-refractivity contribution in [2.24, 2.45) is 0 Å². The van der Waals surface area contributed by atoms with Crippen molar-refractivity contribution in [1.82, 2.24) is 0 Å². The minimum absolute atomic E-state index is 0.213. The molecule has 36 heavy (non-hydrogen) atoms. The van der Waals surface area contributed by atoms with Gasteiger partial charge >= 0.3 is 5.97 Å². The number of aryl methyl sites for hydroxylation is 1. The third-order valence-corrected chi connectivity index (χ3v) is 7.13. The van der Waals surface area contributed by atoms with E-state index in [1.807, 2.05) is 37.3 Å². The van der Waals surface area contributed by atoms with Crippen LogP contribution in [0.2, 0.25) is 0 Å². The molecule has 0 heterocycles. The van der Waals surface area contributed by atoms with Crippen LogP contribution in [0.25, 0.3) is 0 Å². The smallest absolute Gasteiger partial charge is 0.367 e. The number of ether oxygens (including phenoxy) is 2. The maximum absolute atomic E-state index is 13.2. The van der Waals surface area contributed by atoms with Gasteiger partial charge in [-0.15, -0.1) is 0 Å². The predicted octanol–water partition coefficient (Wildman–Crippen LogP) is 8.08. The van der Waals surface area contributed by atoms with Crippen molar-refractivity contribution in [2.45, 2.75) is 110 Å². The molecule has 0 spiro atoms. The lowest BCUT2D eigenvalue weighted by Gasteiger charge is -2.35. The van der Waals surface area contributed by atoms with Gasteiger partial charge < -0.3 is 14.0 Å². The fourth-order valence-electron chi connectivity index (χ4n) is 4.50. The van der Waals surface area contributed by atoms with Gasteiger partial charge in [0, 0.05) is 12.0 Å². The van der Waals surface area contributed by atoms with E-state index in [-0.39, 0.29) is 12.0 Å². The Morgan fingerprint density at radius 2 is 1.42 bits per heavy atom. The molecule has 0 aliphatic rings. The van der Waals surface area contributed by atoms with E-state index in [9.17, 15) is 4.79 Å². The first-order chi connectivity index (χ1) is 17.4. The number of esters is 1. The standard InChI is InChI=1S/C32H50NO3/c1-6-8-9-10-11-12-13-17-23-29-24-18-19-25-30(29)35-31(20-7-2)36-32(34)27(3)33(4,5)26-28-21-15-14-16-22-28/h14-16,18-19,21-22,24-25,27,31H,6-13,17,20,23,26H2,1-5H3/q+1. The number of quaternary nitrogens is 1. The molecule has 0 saturated heterocycles. The normalized spacial score (nSPS) is 13.2. The van der Waals surface area contributed by atoms with Crippen LogP contribution in [0, 0.1) is 0 Å². The molecular formula is C32H50NO3+. The summed E-state index contributed by atoms with van der Waals surface area (Å²) >= 11 is 0. The van der Waals surface area contributed by atoms with E-state index in [4.69, 9.17) is 9.47 Å². The highest BCUT2D eigenvalue weighted by atomic mass is 16.7. The number of para-hydroxylation sites is 1. The molecule has 0 amide bonds. The Morgan fingerprint density at radius 3 is 2.08 bits per heavy atom. The summed E-state index contributed by atoms with van der Waals surface area (Å²) in [7, 11) is 4.15. The maximum atomic E-state index is 13.2. The quantitative estimate of drug-likeness (QED) is 0.0905. The number of carbonyl (C=O) groups is 1. The Labute approximate surface area is 220 Å². The summed E-state index contributed by atoms with van der Waals surface area (Å²) in [6, 6.07) is 18.2. The zero-order valence-corrected chi connectivity index (χ0v) is 23.5. The van der Waals surface area contributed by atoms with E-state index < -0.39 is 6.29 Å². The molecule has 0 fully saturated rings. The number of nitrogens with zero attached hydrogens (tertiary/aromatic N) is 1. The topological polar surface area (TPSA) is 35.5 Å². The van der Waals surface area contributed by atoms with Crippen LogP contribution in [0.15, 0.2) is 54.6 Å². The van der Waals surface area contributed by atoms with E-state index >= 15 is 0 Å². The monoisotopic (exact) mass is 496 g/mol. The van der Waals surface area contributed by atoms with Crippen LogP contribution in [0.1, 0.15) is 96.1 Å². The number of rotatable bonds is 18. The number of unbranched alkanes of at least 4 members (excludes halogenated alkanes) is 7. The van der Waals surface area contributed by atoms with E-state index in [1.54, 1.807) is 0 Å². The van der Waals surface area contributed by atoms with Crippen LogP contribution >= 0.6 is 0 Å². The Morgan fingerprint density at radius 1 is 0.806 bits per heavy atom. The zero-order chi connectivity index (χ0) is 26.2. The fourth-order valence-corrected chi connectivity index (χ4v) is 4.50. The van der Waals surface area contributed by atoms with Gasteiger partial charge in [-0.2, -0.15) is 0 Å². The van der Waals surface area contributed by atoms with Crippen LogP contribution in [-0.4, -0.2) is 36.9 Å². The Balaban J connectivity index is 1.91. The summed E-state index contributed by atoms with van der Waals surface area (Å²) in [6.07, 6.45) is 12.4. The average molecular weight is 497 g/mol. The third-order valence-electron chi connectivity index (χ3n) is 7.13. The van der Waals surface area contributed by atoms with Gasteiger partial charge in [0.1, 0.15) is 12.3 Å². The molecule has 4 heteroatoms. The van der Waals surface area contributed by atoms with Crippen LogP contribution in [0.5, 0.6) is 5.75 Å². The SMILES string of the molecule is CCCCCCCCCCc1ccccc1OC(CCC)OC(=O)C(C)[N+](C)(C)Cc1ccccc1. The van der Waals surface area contributed by atoms with Crippen LogP contribution in [-0.2, 0) is 22.5 Å². The number of carbonyl (C=O) groups excluding carboxylic acids is 1. The van der Waals surface area contributed by atoms with Crippen molar-refractivity contribution >= 4 is 5.97 Å². The highest BCUT2D eigenvalue weighted by Gasteiger charge is 2.34. The van der Waals surface area contributed by atoms with E-state index in [1.165, 1.54) is 56.1 Å². The summed E-state index contributed by atoms with van der Waals surface area (Å²) < 4.78 is 12.8. The predicted molar refractivity (Wildman–Crippen MR) is 150 cm³/mol. The third kappa shape index (κ3) is 10.7. The van der Waals surface area contributed by atoms with E-state index in [0.717, 1.165) is 31.6 Å². The average Bonchev–Trinajstić information content (AvgIpc) is 2.86. The van der Waals surface area contributed by atoms with E-state index in [2.05, 4.69) is 52.2 Å². The molecule has 2 rings (SSSR count). The van der Waals surface area contributed by atoms with Gasteiger partial charge in [0.15, 0.2) is 6.04 Å². The Bertz CT molecular complexity index is 865. The summed E-state index contributed by atoms with van der Waals surface area (Å²) in [5.41, 5.74) is 2.41. The van der Waals surface area contributed by atoms with Gasteiger partial charge in [-0.3, -0.25) is 0 Å². The van der Waals surface area contributed by atoms with Crippen molar-refractivity contribution in [3.05, 3.63) is 65.7 Å². The van der Waals surface area contributed by atoms with Crippen LogP contribution < -0.4 is 4.74 Å². The maximum Gasteiger partial charge on any atom is 0.367 e. The largest absolute Gasteiger partial charge is 0.454 e. The molecule has 0 bridgehead atoms. The van der Waals surface area contributed by atoms with Gasteiger partial charge in [-0.05, 0) is 37.8 Å². The lowest BCUT2D eigenvalue weighted by Crippen LogP contribution is -2.52. The zero-order valence-electron chi connectivity index (χ0n) is 23.5. The molecule has 2 aromatic carbocycles. The first kappa shape index (κ1) is 29.9. The van der Waals surface area contributed by atoms with Crippen molar-refractivity contribution in [1.29, 1.82) is 0 Å². The lowest BCUT2D eigenvalue weighted by atomic mass is 10.0. The first-order valence-corrected chi connectivity index (χ1v) is 14.2. The van der Waals surface area contributed by atoms with Crippen LogP contribution in [0.3, 0.4) is 0 Å². The second-order valence-electron chi connectivity index (χ2n) is 10.7.